The molecule has 0 bridgehead atoms. The van der Waals surface area contributed by atoms with Crippen LogP contribution in [0, 0.1) is 12.7 Å². The van der Waals surface area contributed by atoms with Gasteiger partial charge in [0.15, 0.2) is 17.4 Å². The van der Waals surface area contributed by atoms with Crippen molar-refractivity contribution in [3.05, 3.63) is 35.5 Å². The molecule has 144 valence electrons. The summed E-state index contributed by atoms with van der Waals surface area (Å²) < 4.78 is 27.0. The lowest BCUT2D eigenvalue weighted by atomic mass is 9.94. The number of aryl methyl sites for hydroxylation is 2. The van der Waals surface area contributed by atoms with E-state index in [-0.39, 0.29) is 11.9 Å². The lowest BCUT2D eigenvalue weighted by Gasteiger charge is -2.21. The van der Waals surface area contributed by atoms with Crippen LogP contribution in [0.2, 0.25) is 0 Å². The average Bonchev–Trinajstić information content (AvgIpc) is 3.14. The highest BCUT2D eigenvalue weighted by atomic mass is 19.1. The second kappa shape index (κ2) is 8.00. The van der Waals surface area contributed by atoms with Gasteiger partial charge in [-0.1, -0.05) is 0 Å². The van der Waals surface area contributed by atoms with Gasteiger partial charge in [0, 0.05) is 24.9 Å². The maximum Gasteiger partial charge on any atom is 0.200 e. The number of nitrogens with zero attached hydrogens (tertiary/aromatic N) is 4. The van der Waals surface area contributed by atoms with Crippen molar-refractivity contribution in [1.29, 1.82) is 0 Å². The number of ether oxygens (including phenoxy) is 2. The summed E-state index contributed by atoms with van der Waals surface area (Å²) in [6.07, 6.45) is 3.17. The predicted molar refractivity (Wildman–Crippen MR) is 102 cm³/mol. The van der Waals surface area contributed by atoms with Crippen molar-refractivity contribution in [2.75, 3.05) is 14.2 Å². The zero-order chi connectivity index (χ0) is 19.6. The maximum absolute atomic E-state index is 14.5. The van der Waals surface area contributed by atoms with E-state index in [0.717, 1.165) is 35.2 Å². The van der Waals surface area contributed by atoms with E-state index in [1.54, 1.807) is 13.2 Å². The molecule has 0 N–H and O–H groups in total. The van der Waals surface area contributed by atoms with E-state index >= 15 is 0 Å². The van der Waals surface area contributed by atoms with Gasteiger partial charge in [-0.15, -0.1) is 0 Å². The van der Waals surface area contributed by atoms with Crippen LogP contribution in [-0.4, -0.2) is 40.1 Å². The summed E-state index contributed by atoms with van der Waals surface area (Å²) in [5, 5.41) is 4.61. The third kappa shape index (κ3) is 3.64. The van der Waals surface area contributed by atoms with Gasteiger partial charge in [0.1, 0.15) is 12.0 Å². The number of fused-ring (bicyclic) bond motifs is 1. The van der Waals surface area contributed by atoms with E-state index in [4.69, 9.17) is 9.47 Å². The van der Waals surface area contributed by atoms with Gasteiger partial charge in [-0.05, 0) is 56.9 Å². The molecule has 1 aromatic carbocycles. The number of halogens is 1. The first-order valence-electron chi connectivity index (χ1n) is 9.07. The third-order valence-corrected chi connectivity index (χ3v) is 4.89. The highest BCUT2D eigenvalue weighted by molar-refractivity contribution is 5.82. The summed E-state index contributed by atoms with van der Waals surface area (Å²) in [7, 11) is 3.17. The molecule has 1 aromatic rings. The van der Waals surface area contributed by atoms with Crippen molar-refractivity contribution >= 4 is 0 Å². The molecule has 0 radical (unpaired) electrons. The fourth-order valence-corrected chi connectivity index (χ4v) is 3.29. The molecular weight excluding hydrogens is 347 g/mol. The minimum Gasteiger partial charge on any atom is -0.494 e. The molecule has 3 rings (SSSR count). The summed E-state index contributed by atoms with van der Waals surface area (Å²) in [6, 6.07) is 3.23. The summed E-state index contributed by atoms with van der Waals surface area (Å²) in [4.78, 5) is 8.69. The fraction of sp³-hybridized carbons (Fsp3) is 0.450. The number of benzene rings is 1. The van der Waals surface area contributed by atoms with Gasteiger partial charge in [0.05, 0.1) is 13.2 Å². The van der Waals surface area contributed by atoms with Gasteiger partial charge in [0.2, 0.25) is 0 Å². The number of aromatic nitrogens is 4. The number of methoxy groups -OCH3 is 2. The highest BCUT2D eigenvalue weighted by Crippen LogP contribution is 2.38. The Morgan fingerprint density at radius 3 is 2.67 bits per heavy atom. The van der Waals surface area contributed by atoms with Crippen LogP contribution in [0.1, 0.15) is 31.5 Å². The lowest BCUT2D eigenvalue weighted by molar-refractivity contribution is 0.111. The number of hydrogen-bond donors (Lipinski definition) is 0. The van der Waals surface area contributed by atoms with Crippen molar-refractivity contribution in [3.63, 3.8) is 0 Å². The summed E-state index contributed by atoms with van der Waals surface area (Å²) in [5.74, 6) is 0.390. The minimum atomic E-state index is -0.401. The van der Waals surface area contributed by atoms with E-state index in [0.29, 0.717) is 18.1 Å². The van der Waals surface area contributed by atoms with Crippen molar-refractivity contribution in [2.45, 2.75) is 46.3 Å². The van der Waals surface area contributed by atoms with E-state index < -0.39 is 5.82 Å². The Labute approximate surface area is 158 Å². The number of rotatable bonds is 7. The van der Waals surface area contributed by atoms with Gasteiger partial charge in [-0.25, -0.2) is 14.4 Å². The van der Waals surface area contributed by atoms with Crippen molar-refractivity contribution < 1.29 is 13.9 Å². The van der Waals surface area contributed by atoms with Gasteiger partial charge in [-0.3, -0.25) is 4.68 Å². The molecule has 7 heteroatoms. The lowest BCUT2D eigenvalue weighted by Crippen LogP contribution is -2.16. The fourth-order valence-electron chi connectivity index (χ4n) is 3.29. The molecule has 0 spiro atoms. The van der Waals surface area contributed by atoms with E-state index in [9.17, 15) is 4.39 Å². The molecule has 1 atom stereocenters. The Kier molecular flexibility index (Phi) is 5.70. The number of hydrogen-bond acceptors (Lipinski definition) is 5. The predicted octanol–water partition coefficient (Wildman–Crippen LogP) is 3.89. The zero-order valence-corrected chi connectivity index (χ0v) is 16.4. The van der Waals surface area contributed by atoms with Crippen LogP contribution in [0.25, 0.3) is 22.6 Å². The molecule has 0 saturated heterocycles. The molecule has 2 heterocycles. The topological polar surface area (TPSA) is 62.1 Å². The van der Waals surface area contributed by atoms with Gasteiger partial charge in [0.25, 0.3) is 0 Å². The summed E-state index contributed by atoms with van der Waals surface area (Å²) >= 11 is 0. The van der Waals surface area contributed by atoms with E-state index in [2.05, 4.69) is 15.1 Å². The monoisotopic (exact) mass is 372 g/mol. The van der Waals surface area contributed by atoms with E-state index in [1.165, 1.54) is 19.5 Å². The molecule has 0 fully saturated rings. The normalized spacial score (nSPS) is 12.5. The highest BCUT2D eigenvalue weighted by Gasteiger charge is 2.24. The van der Waals surface area contributed by atoms with Gasteiger partial charge in [-0.2, -0.15) is 5.10 Å². The van der Waals surface area contributed by atoms with Gasteiger partial charge < -0.3 is 9.47 Å². The smallest absolute Gasteiger partial charge is 0.200 e. The molecule has 27 heavy (non-hydrogen) atoms. The van der Waals surface area contributed by atoms with Crippen molar-refractivity contribution in [2.24, 2.45) is 0 Å². The molecular formula is C20H25FN4O2. The minimum absolute atomic E-state index is 0.110. The van der Waals surface area contributed by atoms with Crippen molar-refractivity contribution in [1.82, 2.24) is 19.7 Å². The SMILES string of the molecule is CCn1nc2ncnc-2c(-c2cc(F)c(OC)cc2C)c1CCC(C)OC. The zero-order valence-electron chi connectivity index (χ0n) is 16.4. The second-order valence-corrected chi connectivity index (χ2v) is 6.57. The van der Waals surface area contributed by atoms with Crippen LogP contribution in [0.15, 0.2) is 18.5 Å². The first-order valence-corrected chi connectivity index (χ1v) is 9.07. The van der Waals surface area contributed by atoms with E-state index in [1.807, 2.05) is 25.5 Å². The van der Waals surface area contributed by atoms with Crippen LogP contribution >= 0.6 is 0 Å². The van der Waals surface area contributed by atoms with Crippen LogP contribution in [-0.2, 0) is 17.7 Å². The molecule has 2 aliphatic heterocycles. The first-order chi connectivity index (χ1) is 13.0. The maximum atomic E-state index is 14.5. The molecule has 2 aliphatic rings. The molecule has 6 nitrogen and oxygen atoms in total. The summed E-state index contributed by atoms with van der Waals surface area (Å²) in [5.41, 5.74) is 4.26. The Bertz CT molecular complexity index is 909. The average molecular weight is 372 g/mol. The van der Waals surface area contributed by atoms with Crippen LogP contribution in [0.5, 0.6) is 5.75 Å². The third-order valence-electron chi connectivity index (χ3n) is 4.89. The molecule has 0 amide bonds. The molecule has 0 saturated carbocycles. The Hall–Kier alpha value is -2.54. The largest absolute Gasteiger partial charge is 0.494 e. The van der Waals surface area contributed by atoms with Gasteiger partial charge >= 0.3 is 0 Å². The standard InChI is InChI=1S/C20H25FN4O2/c1-6-25-16(8-7-13(3)26-4)18(19-20(24-25)23-11-22-19)14-10-15(21)17(27-5)9-12(14)2/h9-11,13H,6-8H2,1-5H3. The van der Waals surface area contributed by atoms with Crippen molar-refractivity contribution in [3.8, 4) is 28.4 Å². The van der Waals surface area contributed by atoms with Crippen LogP contribution in [0.3, 0.4) is 0 Å². The number of imidazole rings is 1. The Morgan fingerprint density at radius 2 is 2.00 bits per heavy atom. The van der Waals surface area contributed by atoms with Crippen LogP contribution < -0.4 is 4.74 Å². The molecule has 0 aromatic heterocycles. The molecule has 0 aliphatic carbocycles. The Balaban J connectivity index is 2.24. The molecule has 1 unspecified atom stereocenters. The van der Waals surface area contributed by atoms with Crippen LogP contribution in [0.4, 0.5) is 4.39 Å². The Morgan fingerprint density at radius 1 is 1.22 bits per heavy atom. The second-order valence-electron chi connectivity index (χ2n) is 6.57. The quantitative estimate of drug-likeness (QED) is 0.630. The summed E-state index contributed by atoms with van der Waals surface area (Å²) in [6.45, 7) is 6.69. The first kappa shape index (κ1) is 19.2.